The molecule has 0 aromatic carbocycles. The second kappa shape index (κ2) is 2.40. The summed E-state index contributed by atoms with van der Waals surface area (Å²) in [6, 6.07) is 0. The molecule has 1 amide bonds. The maximum absolute atomic E-state index is 10.6. The molecule has 5 nitrogen and oxygen atoms in total. The van der Waals surface area contributed by atoms with Crippen molar-refractivity contribution in [1.29, 1.82) is 0 Å². The highest BCUT2D eigenvalue weighted by Gasteiger charge is 2.29. The quantitative estimate of drug-likeness (QED) is 0.545. The molecule has 0 unspecified atom stereocenters. The zero-order chi connectivity index (χ0) is 7.78. The summed E-state index contributed by atoms with van der Waals surface area (Å²) in [5.41, 5.74) is 0. The Labute approximate surface area is 62.3 Å². The molecule has 10 heavy (non-hydrogen) atoms. The van der Waals surface area contributed by atoms with Gasteiger partial charge in [0.1, 0.15) is 0 Å². The predicted octanol–water partition coefficient (Wildman–Crippen LogP) is -0.678. The monoisotopic (exact) mass is 183 g/mol. The SMILES string of the molecule is O=C1CSCN1S(=O)(=O)O. The molecule has 0 saturated carbocycles. The minimum absolute atomic E-state index is 0.0255. The molecule has 1 heterocycles. The third-order valence-electron chi connectivity index (χ3n) is 0.991. The minimum atomic E-state index is -4.29. The second-order valence-corrected chi connectivity index (χ2v) is 3.99. The first-order valence-corrected chi connectivity index (χ1v) is 4.93. The third-order valence-corrected chi connectivity index (χ3v) is 2.94. The molecular weight excluding hydrogens is 178 g/mol. The number of carbonyl (C=O) groups excluding carboxylic acids is 1. The van der Waals surface area contributed by atoms with Gasteiger partial charge in [0.25, 0.3) is 0 Å². The van der Waals surface area contributed by atoms with Gasteiger partial charge in [-0.05, 0) is 0 Å². The van der Waals surface area contributed by atoms with Gasteiger partial charge in [-0.3, -0.25) is 9.35 Å². The molecule has 0 atom stereocenters. The predicted molar refractivity (Wildman–Crippen MR) is 35.7 cm³/mol. The smallest absolute Gasteiger partial charge is 0.273 e. The van der Waals surface area contributed by atoms with Crippen LogP contribution in [0.3, 0.4) is 0 Å². The van der Waals surface area contributed by atoms with Gasteiger partial charge in [0.05, 0.1) is 11.6 Å². The van der Waals surface area contributed by atoms with Crippen molar-refractivity contribution in [1.82, 2.24) is 4.31 Å². The van der Waals surface area contributed by atoms with Crippen molar-refractivity contribution in [3.63, 3.8) is 0 Å². The minimum Gasteiger partial charge on any atom is -0.273 e. The molecule has 1 rings (SSSR count). The fourth-order valence-electron chi connectivity index (χ4n) is 0.555. The van der Waals surface area contributed by atoms with Crippen LogP contribution < -0.4 is 0 Å². The van der Waals surface area contributed by atoms with Crippen LogP contribution in [0.5, 0.6) is 0 Å². The number of rotatable bonds is 1. The molecule has 0 bridgehead atoms. The summed E-state index contributed by atoms with van der Waals surface area (Å²) in [6.07, 6.45) is 0. The van der Waals surface area contributed by atoms with Gasteiger partial charge in [0.15, 0.2) is 0 Å². The van der Waals surface area contributed by atoms with E-state index < -0.39 is 16.2 Å². The Balaban J connectivity index is 2.84. The molecule has 0 spiro atoms. The van der Waals surface area contributed by atoms with E-state index in [-0.39, 0.29) is 11.6 Å². The van der Waals surface area contributed by atoms with Gasteiger partial charge in [-0.15, -0.1) is 11.8 Å². The first-order valence-electron chi connectivity index (χ1n) is 2.37. The Kier molecular flexibility index (Phi) is 1.88. The maximum atomic E-state index is 10.6. The van der Waals surface area contributed by atoms with Crippen LogP contribution in [-0.2, 0) is 15.1 Å². The summed E-state index contributed by atoms with van der Waals surface area (Å²) in [7, 11) is -4.29. The second-order valence-electron chi connectivity index (χ2n) is 1.70. The van der Waals surface area contributed by atoms with E-state index in [0.717, 1.165) is 11.8 Å². The van der Waals surface area contributed by atoms with E-state index in [1.54, 1.807) is 0 Å². The molecule has 7 heteroatoms. The highest BCUT2D eigenvalue weighted by Crippen LogP contribution is 2.17. The van der Waals surface area contributed by atoms with Crippen molar-refractivity contribution in [3.8, 4) is 0 Å². The highest BCUT2D eigenvalue weighted by molar-refractivity contribution is 8.01. The molecule has 1 aliphatic heterocycles. The van der Waals surface area contributed by atoms with Crippen LogP contribution in [-0.4, -0.2) is 34.8 Å². The van der Waals surface area contributed by atoms with Gasteiger partial charge < -0.3 is 0 Å². The average Bonchev–Trinajstić information content (AvgIpc) is 2.11. The molecule has 0 radical (unpaired) electrons. The Bertz CT molecular complexity index is 245. The molecule has 58 valence electrons. The van der Waals surface area contributed by atoms with Crippen LogP contribution in [0.15, 0.2) is 0 Å². The number of carbonyl (C=O) groups is 1. The number of hydrogen-bond acceptors (Lipinski definition) is 4. The Hall–Kier alpha value is -0.270. The molecule has 1 aliphatic rings. The normalized spacial score (nSPS) is 20.1. The van der Waals surface area contributed by atoms with Gasteiger partial charge in [0, 0.05) is 0 Å². The van der Waals surface area contributed by atoms with Crippen molar-refractivity contribution >= 4 is 28.0 Å². The van der Waals surface area contributed by atoms with Crippen molar-refractivity contribution < 1.29 is 17.8 Å². The largest absolute Gasteiger partial charge is 0.362 e. The van der Waals surface area contributed by atoms with Crippen LogP contribution in [0.1, 0.15) is 0 Å². The van der Waals surface area contributed by atoms with Gasteiger partial charge >= 0.3 is 10.3 Å². The van der Waals surface area contributed by atoms with Crippen molar-refractivity contribution in [2.24, 2.45) is 0 Å². The Morgan fingerprint density at radius 2 is 2.20 bits per heavy atom. The molecule has 1 fully saturated rings. The highest BCUT2D eigenvalue weighted by atomic mass is 32.2. The first-order chi connectivity index (χ1) is 4.52. The summed E-state index contributed by atoms with van der Waals surface area (Å²) >= 11 is 1.15. The van der Waals surface area contributed by atoms with E-state index in [2.05, 4.69) is 0 Å². The average molecular weight is 183 g/mol. The zero-order valence-electron chi connectivity index (χ0n) is 4.85. The lowest BCUT2D eigenvalue weighted by atomic mass is 10.7. The topological polar surface area (TPSA) is 74.7 Å². The lowest BCUT2D eigenvalue weighted by Gasteiger charge is -2.07. The number of thioether (sulfide) groups is 1. The number of nitrogens with zero attached hydrogens (tertiary/aromatic N) is 1. The van der Waals surface area contributed by atoms with E-state index in [1.807, 2.05) is 0 Å². The van der Waals surface area contributed by atoms with E-state index in [1.165, 1.54) is 0 Å². The van der Waals surface area contributed by atoms with E-state index in [9.17, 15) is 13.2 Å². The van der Waals surface area contributed by atoms with Crippen LogP contribution in [0.2, 0.25) is 0 Å². The molecule has 0 aliphatic carbocycles. The fourth-order valence-corrected chi connectivity index (χ4v) is 2.45. The lowest BCUT2D eigenvalue weighted by molar-refractivity contribution is -0.122. The zero-order valence-corrected chi connectivity index (χ0v) is 6.48. The van der Waals surface area contributed by atoms with E-state index in [0.29, 0.717) is 4.31 Å². The fraction of sp³-hybridized carbons (Fsp3) is 0.667. The van der Waals surface area contributed by atoms with Gasteiger partial charge in [-0.1, -0.05) is 0 Å². The van der Waals surface area contributed by atoms with Crippen LogP contribution in [0.25, 0.3) is 0 Å². The maximum Gasteiger partial charge on any atom is 0.362 e. The van der Waals surface area contributed by atoms with Crippen molar-refractivity contribution in [3.05, 3.63) is 0 Å². The van der Waals surface area contributed by atoms with E-state index in [4.69, 9.17) is 4.55 Å². The third kappa shape index (κ3) is 1.41. The molecule has 0 aromatic heterocycles. The van der Waals surface area contributed by atoms with Crippen LogP contribution >= 0.6 is 11.8 Å². The first kappa shape index (κ1) is 7.83. The van der Waals surface area contributed by atoms with Crippen molar-refractivity contribution in [2.45, 2.75) is 0 Å². The summed E-state index contributed by atoms with van der Waals surface area (Å²) < 4.78 is 29.4. The Morgan fingerprint density at radius 3 is 2.40 bits per heavy atom. The Morgan fingerprint density at radius 1 is 1.60 bits per heavy atom. The summed E-state index contributed by atoms with van der Waals surface area (Å²) in [6.45, 7) is 0. The molecule has 0 aromatic rings. The van der Waals surface area contributed by atoms with Gasteiger partial charge in [0.2, 0.25) is 5.91 Å². The van der Waals surface area contributed by atoms with Crippen LogP contribution in [0.4, 0.5) is 0 Å². The van der Waals surface area contributed by atoms with Crippen molar-refractivity contribution in [2.75, 3.05) is 11.6 Å². The van der Waals surface area contributed by atoms with Gasteiger partial charge in [-0.25, -0.2) is 4.31 Å². The summed E-state index contributed by atoms with van der Waals surface area (Å²) in [5, 5.41) is 0. The molecular formula is C3H5NO4S2. The lowest BCUT2D eigenvalue weighted by Crippen LogP contribution is -2.31. The standard InChI is InChI=1S/C3H5NO4S2/c5-3-1-9-2-4(3)10(6,7)8/h1-2H2,(H,6,7,8). The van der Waals surface area contributed by atoms with Crippen LogP contribution in [0, 0.1) is 0 Å². The summed E-state index contributed by atoms with van der Waals surface area (Å²) in [5.74, 6) is -0.412. The molecule has 1 N–H and O–H groups in total. The number of amides is 1. The molecule has 1 saturated heterocycles. The summed E-state index contributed by atoms with van der Waals surface area (Å²) in [4.78, 5) is 10.6. The van der Waals surface area contributed by atoms with Gasteiger partial charge in [-0.2, -0.15) is 8.42 Å². The number of hydrogen-bond donors (Lipinski definition) is 1. The van der Waals surface area contributed by atoms with E-state index >= 15 is 0 Å².